The minimum absolute atomic E-state index is 0.0460. The molecule has 0 aliphatic heterocycles. The number of ketones is 1. The van der Waals surface area contributed by atoms with Crippen LogP contribution in [-0.4, -0.2) is 15.4 Å². The van der Waals surface area contributed by atoms with Gasteiger partial charge in [-0.1, -0.05) is 45.9 Å². The number of carbonyl (C=O) groups is 1. The summed E-state index contributed by atoms with van der Waals surface area (Å²) in [6, 6.07) is 13.7. The first-order chi connectivity index (χ1) is 10.8. The number of rotatable bonds is 3. The number of hydrogen-bond acceptors (Lipinski definition) is 3. The van der Waals surface area contributed by atoms with Gasteiger partial charge in [0.05, 0.1) is 0 Å². The Bertz CT molecular complexity index is 749. The van der Waals surface area contributed by atoms with Crippen LogP contribution in [0.4, 0.5) is 13.2 Å². The molecule has 0 unspecified atom stereocenters. The van der Waals surface area contributed by atoms with Gasteiger partial charge in [0.15, 0.2) is 5.78 Å². The lowest BCUT2D eigenvalue weighted by molar-refractivity contribution is -0.0335. The SMILES string of the molecule is O=C1c2ccc(Br)cc2C[C@@]1(Sc1ccccc1)SC(F)(F)F. The summed E-state index contributed by atoms with van der Waals surface area (Å²) in [4.78, 5) is 13.4. The topological polar surface area (TPSA) is 17.1 Å². The lowest BCUT2D eigenvalue weighted by atomic mass is 10.1. The Balaban J connectivity index is 2.02. The third-order valence-electron chi connectivity index (χ3n) is 3.39. The van der Waals surface area contributed by atoms with E-state index >= 15 is 0 Å². The van der Waals surface area contributed by atoms with E-state index in [0.717, 1.165) is 16.2 Å². The van der Waals surface area contributed by atoms with Crippen LogP contribution in [0.15, 0.2) is 57.9 Å². The van der Waals surface area contributed by atoms with Crippen molar-refractivity contribution in [3.63, 3.8) is 0 Å². The van der Waals surface area contributed by atoms with E-state index in [0.29, 0.717) is 16.0 Å². The van der Waals surface area contributed by atoms with Crippen molar-refractivity contribution in [1.29, 1.82) is 0 Å². The molecule has 120 valence electrons. The summed E-state index contributed by atoms with van der Waals surface area (Å²) in [5, 5.41) is 0. The largest absolute Gasteiger partial charge is 0.443 e. The highest BCUT2D eigenvalue weighted by Gasteiger charge is 2.53. The van der Waals surface area contributed by atoms with E-state index in [-0.39, 0.29) is 18.2 Å². The number of halogens is 4. The van der Waals surface area contributed by atoms with Crippen LogP contribution < -0.4 is 0 Å². The molecule has 0 aromatic heterocycles. The Hall–Kier alpha value is -0.920. The van der Waals surface area contributed by atoms with E-state index in [4.69, 9.17) is 0 Å². The summed E-state index contributed by atoms with van der Waals surface area (Å²) in [6.45, 7) is 0. The summed E-state index contributed by atoms with van der Waals surface area (Å²) in [5.74, 6) is -0.476. The van der Waals surface area contributed by atoms with E-state index in [1.165, 1.54) is 0 Å². The molecule has 3 rings (SSSR count). The van der Waals surface area contributed by atoms with Gasteiger partial charge in [0.1, 0.15) is 4.08 Å². The van der Waals surface area contributed by atoms with E-state index in [2.05, 4.69) is 15.9 Å². The highest BCUT2D eigenvalue weighted by molar-refractivity contribution is 9.10. The molecule has 2 aromatic rings. The first-order valence-electron chi connectivity index (χ1n) is 6.63. The molecule has 2 aromatic carbocycles. The normalized spacial score (nSPS) is 20.6. The average molecular weight is 419 g/mol. The van der Waals surface area contributed by atoms with E-state index in [1.807, 2.05) is 0 Å². The number of alkyl halides is 3. The maximum atomic E-state index is 13.1. The molecule has 0 spiro atoms. The van der Waals surface area contributed by atoms with Gasteiger partial charge >= 0.3 is 5.51 Å². The maximum absolute atomic E-state index is 13.1. The zero-order valence-corrected chi connectivity index (χ0v) is 14.8. The highest BCUT2D eigenvalue weighted by atomic mass is 79.9. The Labute approximate surface area is 148 Å². The Kier molecular flexibility index (Phi) is 4.55. The molecular formula is C16H10BrF3OS2. The molecule has 0 fully saturated rings. The van der Waals surface area contributed by atoms with Crippen molar-refractivity contribution in [2.24, 2.45) is 0 Å². The van der Waals surface area contributed by atoms with Gasteiger partial charge in [-0.05, 0) is 47.7 Å². The van der Waals surface area contributed by atoms with Gasteiger partial charge in [0.25, 0.3) is 0 Å². The average Bonchev–Trinajstić information content (AvgIpc) is 2.70. The second-order valence-electron chi connectivity index (χ2n) is 5.02. The minimum Gasteiger partial charge on any atom is -0.292 e. The van der Waals surface area contributed by atoms with Gasteiger partial charge in [-0.25, -0.2) is 0 Å². The molecule has 0 heterocycles. The van der Waals surface area contributed by atoms with Crippen molar-refractivity contribution >= 4 is 45.2 Å². The van der Waals surface area contributed by atoms with E-state index < -0.39 is 15.4 Å². The second-order valence-corrected chi connectivity index (χ2v) is 8.93. The van der Waals surface area contributed by atoms with Crippen LogP contribution in [0.25, 0.3) is 0 Å². The molecule has 1 nitrogen and oxygen atoms in total. The van der Waals surface area contributed by atoms with Gasteiger partial charge in [-0.2, -0.15) is 13.2 Å². The fraction of sp³-hybridized carbons (Fsp3) is 0.188. The lowest BCUT2D eigenvalue weighted by Gasteiger charge is -2.27. The molecule has 0 radical (unpaired) electrons. The zero-order valence-electron chi connectivity index (χ0n) is 11.6. The van der Waals surface area contributed by atoms with Gasteiger partial charge in [0.2, 0.25) is 0 Å². The van der Waals surface area contributed by atoms with Crippen LogP contribution in [0.1, 0.15) is 15.9 Å². The van der Waals surface area contributed by atoms with Crippen LogP contribution in [0, 0.1) is 0 Å². The summed E-state index contributed by atoms with van der Waals surface area (Å²) in [7, 11) is 0. The van der Waals surface area contributed by atoms with Crippen molar-refractivity contribution in [2.45, 2.75) is 20.9 Å². The molecule has 1 atom stereocenters. The van der Waals surface area contributed by atoms with Crippen LogP contribution in [0.5, 0.6) is 0 Å². The van der Waals surface area contributed by atoms with E-state index in [1.54, 1.807) is 48.5 Å². The number of fused-ring (bicyclic) bond motifs is 1. The van der Waals surface area contributed by atoms with Crippen molar-refractivity contribution in [2.75, 3.05) is 0 Å². The summed E-state index contributed by atoms with van der Waals surface area (Å²) in [6.07, 6.45) is 0.0460. The van der Waals surface area contributed by atoms with Crippen molar-refractivity contribution < 1.29 is 18.0 Å². The molecule has 0 amide bonds. The van der Waals surface area contributed by atoms with Crippen LogP contribution >= 0.6 is 39.5 Å². The predicted molar refractivity (Wildman–Crippen MR) is 90.9 cm³/mol. The molecule has 0 saturated heterocycles. The fourth-order valence-electron chi connectivity index (χ4n) is 2.52. The van der Waals surface area contributed by atoms with Gasteiger partial charge in [-0.3, -0.25) is 4.79 Å². The molecule has 1 aliphatic carbocycles. The van der Waals surface area contributed by atoms with Gasteiger partial charge in [-0.15, -0.1) is 0 Å². The quantitative estimate of drug-likeness (QED) is 0.574. The highest BCUT2D eigenvalue weighted by Crippen LogP contribution is 2.56. The molecular weight excluding hydrogens is 409 g/mol. The number of benzene rings is 2. The second kappa shape index (κ2) is 6.18. The van der Waals surface area contributed by atoms with E-state index in [9.17, 15) is 18.0 Å². The lowest BCUT2D eigenvalue weighted by Crippen LogP contribution is -2.31. The van der Waals surface area contributed by atoms with Gasteiger partial charge in [0, 0.05) is 21.4 Å². The molecule has 23 heavy (non-hydrogen) atoms. The standard InChI is InChI=1S/C16H10BrF3OS2/c17-11-6-7-13-10(8-11)9-15(14(13)21,23-16(18,19)20)22-12-4-2-1-3-5-12/h1-8H,9H2/t15-/m1/s1. The number of hydrogen-bond donors (Lipinski definition) is 0. The van der Waals surface area contributed by atoms with Gasteiger partial charge < -0.3 is 0 Å². The number of Topliss-reactive ketones (excluding diaryl/α,β-unsaturated/α-hetero) is 1. The molecule has 0 saturated carbocycles. The first-order valence-corrected chi connectivity index (χ1v) is 9.06. The maximum Gasteiger partial charge on any atom is 0.443 e. The number of thioether (sulfide) groups is 2. The van der Waals surface area contributed by atoms with Crippen LogP contribution in [-0.2, 0) is 6.42 Å². The molecule has 0 N–H and O–H groups in total. The molecule has 7 heteroatoms. The third-order valence-corrected chi connectivity index (χ3v) is 6.44. The Morgan fingerprint density at radius 2 is 1.78 bits per heavy atom. The smallest absolute Gasteiger partial charge is 0.292 e. The number of carbonyl (C=O) groups excluding carboxylic acids is 1. The zero-order chi connectivity index (χ0) is 16.7. The summed E-state index contributed by atoms with van der Waals surface area (Å²) < 4.78 is 38.5. The summed E-state index contributed by atoms with van der Waals surface area (Å²) in [5.41, 5.74) is -3.48. The fourth-order valence-corrected chi connectivity index (χ4v) is 5.57. The molecule has 1 aliphatic rings. The predicted octanol–water partition coefficient (Wildman–Crippen LogP) is 5.93. The summed E-state index contributed by atoms with van der Waals surface area (Å²) >= 11 is 4.05. The van der Waals surface area contributed by atoms with Crippen molar-refractivity contribution in [3.8, 4) is 0 Å². The van der Waals surface area contributed by atoms with Crippen molar-refractivity contribution in [3.05, 3.63) is 64.1 Å². The first kappa shape index (κ1) is 16.9. The van der Waals surface area contributed by atoms with Crippen LogP contribution in [0.2, 0.25) is 0 Å². The minimum atomic E-state index is -4.49. The van der Waals surface area contributed by atoms with Crippen molar-refractivity contribution in [1.82, 2.24) is 0 Å². The van der Waals surface area contributed by atoms with Crippen LogP contribution in [0.3, 0.4) is 0 Å². The Morgan fingerprint density at radius 3 is 2.43 bits per heavy atom. The monoisotopic (exact) mass is 418 g/mol. The Morgan fingerprint density at radius 1 is 1.09 bits per heavy atom. The molecule has 0 bridgehead atoms. The third kappa shape index (κ3) is 3.61.